The van der Waals surface area contributed by atoms with Crippen molar-refractivity contribution in [3.8, 4) is 11.5 Å². The minimum atomic E-state index is -0.806. The predicted molar refractivity (Wildman–Crippen MR) is 93.8 cm³/mol. The summed E-state index contributed by atoms with van der Waals surface area (Å²) in [5.41, 5.74) is 0.372. The third kappa shape index (κ3) is 5.35. The Morgan fingerprint density at radius 2 is 1.88 bits per heavy atom. The van der Waals surface area contributed by atoms with Gasteiger partial charge in [-0.3, -0.25) is 9.59 Å². The number of amides is 2. The van der Waals surface area contributed by atoms with Gasteiger partial charge in [0.1, 0.15) is 11.5 Å². The van der Waals surface area contributed by atoms with E-state index in [-0.39, 0.29) is 12.5 Å². The average Bonchev–Trinajstić information content (AvgIpc) is 2.66. The molecule has 1 aliphatic carbocycles. The van der Waals surface area contributed by atoms with Crippen molar-refractivity contribution < 1.29 is 24.2 Å². The third-order valence-electron chi connectivity index (χ3n) is 4.53. The van der Waals surface area contributed by atoms with Crippen LogP contribution in [0.5, 0.6) is 11.5 Å². The van der Waals surface area contributed by atoms with Crippen molar-refractivity contribution in [1.82, 2.24) is 5.32 Å². The number of ether oxygens (including phenoxy) is 2. The first-order chi connectivity index (χ1) is 12.0. The number of benzene rings is 1. The van der Waals surface area contributed by atoms with Crippen molar-refractivity contribution in [2.45, 2.75) is 38.2 Å². The van der Waals surface area contributed by atoms with E-state index in [9.17, 15) is 14.7 Å². The summed E-state index contributed by atoms with van der Waals surface area (Å²) in [5, 5.41) is 15.1. The molecule has 0 aliphatic heterocycles. The number of carbonyl (C=O) groups excluding carboxylic acids is 2. The number of nitrogens with one attached hydrogen (secondary N) is 2. The fraction of sp³-hybridized carbons (Fsp3) is 0.556. The topological polar surface area (TPSA) is 96.9 Å². The Morgan fingerprint density at radius 3 is 2.52 bits per heavy atom. The Kier molecular flexibility index (Phi) is 7.06. The molecule has 1 aromatic carbocycles. The molecule has 25 heavy (non-hydrogen) atoms. The van der Waals surface area contributed by atoms with E-state index in [1.54, 1.807) is 18.2 Å². The zero-order chi connectivity index (χ0) is 18.2. The molecule has 0 bridgehead atoms. The minimum Gasteiger partial charge on any atom is -0.497 e. The predicted octanol–water partition coefficient (Wildman–Crippen LogP) is 1.70. The first-order valence-corrected chi connectivity index (χ1v) is 8.54. The maximum atomic E-state index is 12.0. The monoisotopic (exact) mass is 350 g/mol. The molecular formula is C18H26N2O5. The van der Waals surface area contributed by atoms with Gasteiger partial charge in [0.2, 0.25) is 0 Å². The van der Waals surface area contributed by atoms with Crippen LogP contribution in [0.15, 0.2) is 18.2 Å². The number of aliphatic hydroxyl groups excluding tert-OH is 1. The highest BCUT2D eigenvalue weighted by Crippen LogP contribution is 2.29. The molecule has 0 saturated heterocycles. The van der Waals surface area contributed by atoms with Crippen LogP contribution < -0.4 is 20.1 Å². The highest BCUT2D eigenvalue weighted by molar-refractivity contribution is 6.39. The van der Waals surface area contributed by atoms with Gasteiger partial charge in [-0.2, -0.15) is 0 Å². The summed E-state index contributed by atoms with van der Waals surface area (Å²) in [4.78, 5) is 24.0. The highest BCUT2D eigenvalue weighted by atomic mass is 16.5. The lowest BCUT2D eigenvalue weighted by molar-refractivity contribution is -0.136. The summed E-state index contributed by atoms with van der Waals surface area (Å²) < 4.78 is 10.3. The van der Waals surface area contributed by atoms with Gasteiger partial charge in [-0.05, 0) is 30.9 Å². The van der Waals surface area contributed by atoms with Gasteiger partial charge < -0.3 is 25.2 Å². The molecule has 0 spiro atoms. The summed E-state index contributed by atoms with van der Waals surface area (Å²) in [6, 6.07) is 4.86. The van der Waals surface area contributed by atoms with Gasteiger partial charge in [-0.1, -0.05) is 19.3 Å². The molecule has 1 unspecified atom stereocenters. The molecule has 0 aromatic heterocycles. The maximum Gasteiger partial charge on any atom is 0.313 e. The number of aliphatic hydroxyl groups is 1. The van der Waals surface area contributed by atoms with Gasteiger partial charge in [-0.15, -0.1) is 0 Å². The summed E-state index contributed by atoms with van der Waals surface area (Å²) in [5.74, 6) is -0.427. The fourth-order valence-corrected chi connectivity index (χ4v) is 3.04. The number of hydrogen-bond acceptors (Lipinski definition) is 5. The lowest BCUT2D eigenvalue weighted by Crippen LogP contribution is -2.42. The van der Waals surface area contributed by atoms with Crippen molar-refractivity contribution >= 4 is 17.5 Å². The number of hydrogen-bond donors (Lipinski definition) is 3. The average molecular weight is 350 g/mol. The van der Waals surface area contributed by atoms with Crippen LogP contribution in [0.1, 0.15) is 32.1 Å². The van der Waals surface area contributed by atoms with Gasteiger partial charge >= 0.3 is 11.8 Å². The zero-order valence-corrected chi connectivity index (χ0v) is 14.7. The van der Waals surface area contributed by atoms with Crippen LogP contribution in [0.4, 0.5) is 5.69 Å². The molecule has 1 fully saturated rings. The van der Waals surface area contributed by atoms with Crippen molar-refractivity contribution in [3.63, 3.8) is 0 Å². The van der Waals surface area contributed by atoms with E-state index in [4.69, 9.17) is 9.47 Å². The molecule has 7 heteroatoms. The maximum absolute atomic E-state index is 12.0. The zero-order valence-electron chi connectivity index (χ0n) is 14.7. The highest BCUT2D eigenvalue weighted by Gasteiger charge is 2.23. The second-order valence-corrected chi connectivity index (χ2v) is 6.20. The second-order valence-electron chi connectivity index (χ2n) is 6.20. The molecule has 1 aliphatic rings. The molecule has 1 aromatic rings. The number of carbonyl (C=O) groups is 2. The van der Waals surface area contributed by atoms with Gasteiger partial charge in [0.25, 0.3) is 0 Å². The summed E-state index contributed by atoms with van der Waals surface area (Å²) >= 11 is 0. The number of rotatable bonds is 6. The normalized spacial score (nSPS) is 16.0. The Balaban J connectivity index is 1.86. The summed E-state index contributed by atoms with van der Waals surface area (Å²) in [6.45, 7) is 0.0800. The van der Waals surface area contributed by atoms with Crippen LogP contribution in [0.25, 0.3) is 0 Å². The Hall–Kier alpha value is -2.28. The van der Waals surface area contributed by atoms with E-state index in [1.807, 2.05) is 0 Å². The lowest BCUT2D eigenvalue weighted by Gasteiger charge is -2.26. The van der Waals surface area contributed by atoms with Crippen molar-refractivity contribution in [2.75, 3.05) is 26.1 Å². The van der Waals surface area contributed by atoms with Gasteiger partial charge in [0, 0.05) is 12.6 Å². The van der Waals surface area contributed by atoms with E-state index >= 15 is 0 Å². The van der Waals surface area contributed by atoms with E-state index in [2.05, 4.69) is 10.6 Å². The van der Waals surface area contributed by atoms with Crippen molar-refractivity contribution in [3.05, 3.63) is 18.2 Å². The van der Waals surface area contributed by atoms with Crippen LogP contribution in [0, 0.1) is 5.92 Å². The molecule has 1 atom stereocenters. The largest absolute Gasteiger partial charge is 0.497 e. The molecule has 2 rings (SSSR count). The molecule has 138 valence electrons. The van der Waals surface area contributed by atoms with Gasteiger partial charge in [0.15, 0.2) is 0 Å². The standard InChI is InChI=1S/C18H26N2O5/c1-24-13-8-9-14(16(10-13)25-2)20-18(23)17(22)19-11-15(21)12-6-4-3-5-7-12/h8-10,12,15,21H,3-7,11H2,1-2H3,(H,19,22)(H,20,23). The van der Waals surface area contributed by atoms with Crippen molar-refractivity contribution in [1.29, 1.82) is 0 Å². The van der Waals surface area contributed by atoms with Crippen LogP contribution in [-0.4, -0.2) is 43.8 Å². The van der Waals surface area contributed by atoms with E-state index < -0.39 is 17.9 Å². The van der Waals surface area contributed by atoms with Crippen LogP contribution in [0.3, 0.4) is 0 Å². The smallest absolute Gasteiger partial charge is 0.313 e. The molecular weight excluding hydrogens is 324 g/mol. The minimum absolute atomic E-state index is 0.0800. The molecule has 0 heterocycles. The van der Waals surface area contributed by atoms with E-state index in [0.717, 1.165) is 25.7 Å². The summed E-state index contributed by atoms with van der Waals surface area (Å²) in [6.07, 6.45) is 4.72. The molecule has 2 amide bonds. The van der Waals surface area contributed by atoms with Crippen molar-refractivity contribution in [2.24, 2.45) is 5.92 Å². The van der Waals surface area contributed by atoms with Crippen LogP contribution in [-0.2, 0) is 9.59 Å². The Labute approximate surface area is 147 Å². The molecule has 7 nitrogen and oxygen atoms in total. The van der Waals surface area contributed by atoms with E-state index in [1.165, 1.54) is 20.6 Å². The first kappa shape index (κ1) is 19.1. The second kappa shape index (κ2) is 9.27. The molecule has 1 saturated carbocycles. The third-order valence-corrected chi connectivity index (χ3v) is 4.53. The Morgan fingerprint density at radius 1 is 1.16 bits per heavy atom. The quantitative estimate of drug-likeness (QED) is 0.679. The van der Waals surface area contributed by atoms with E-state index in [0.29, 0.717) is 17.2 Å². The van der Waals surface area contributed by atoms with Crippen LogP contribution >= 0.6 is 0 Å². The molecule has 3 N–H and O–H groups in total. The van der Waals surface area contributed by atoms with Crippen LogP contribution in [0.2, 0.25) is 0 Å². The fourth-order valence-electron chi connectivity index (χ4n) is 3.04. The van der Waals surface area contributed by atoms with Gasteiger partial charge in [0.05, 0.1) is 26.0 Å². The number of methoxy groups -OCH3 is 2. The summed E-state index contributed by atoms with van der Waals surface area (Å²) in [7, 11) is 2.99. The first-order valence-electron chi connectivity index (χ1n) is 8.54. The SMILES string of the molecule is COc1ccc(NC(=O)C(=O)NCC(O)C2CCCCC2)c(OC)c1. The number of anilines is 1. The molecule has 0 radical (unpaired) electrons. The lowest BCUT2D eigenvalue weighted by atomic mass is 9.85. The van der Waals surface area contributed by atoms with Gasteiger partial charge in [-0.25, -0.2) is 0 Å². The Bertz CT molecular complexity index is 599.